The van der Waals surface area contributed by atoms with Crippen molar-refractivity contribution in [2.24, 2.45) is 0 Å². The molecule has 0 radical (unpaired) electrons. The molecule has 0 bridgehead atoms. The van der Waals surface area contributed by atoms with Gasteiger partial charge in [-0.1, -0.05) is 48.5 Å². The van der Waals surface area contributed by atoms with Crippen molar-refractivity contribution in [2.75, 3.05) is 6.26 Å². The SMILES string of the molecule is CS[C@H]1NNC2(C(=O)N1)c1ccccc1-c1ccccc12. The first-order valence-corrected chi connectivity index (χ1v) is 8.12. The Labute approximate surface area is 127 Å². The van der Waals surface area contributed by atoms with Gasteiger partial charge in [0.05, 0.1) is 0 Å². The van der Waals surface area contributed by atoms with Gasteiger partial charge in [-0.05, 0) is 28.5 Å². The third-order valence-electron chi connectivity index (χ3n) is 4.18. The largest absolute Gasteiger partial charge is 0.329 e. The van der Waals surface area contributed by atoms with Crippen LogP contribution in [0.3, 0.4) is 0 Å². The Morgan fingerprint density at radius 1 is 1.00 bits per heavy atom. The molecule has 1 atom stereocenters. The summed E-state index contributed by atoms with van der Waals surface area (Å²) >= 11 is 1.55. The lowest BCUT2D eigenvalue weighted by atomic mass is 9.86. The average molecular weight is 297 g/mol. The summed E-state index contributed by atoms with van der Waals surface area (Å²) in [4.78, 5) is 12.9. The van der Waals surface area contributed by atoms with Crippen molar-refractivity contribution in [3.63, 3.8) is 0 Å². The minimum absolute atomic E-state index is 0.0157. The maximum absolute atomic E-state index is 12.9. The van der Waals surface area contributed by atoms with E-state index in [0.717, 1.165) is 22.3 Å². The summed E-state index contributed by atoms with van der Waals surface area (Å²) in [5, 5.41) is 3.03. The molecule has 1 fully saturated rings. The van der Waals surface area contributed by atoms with E-state index in [2.05, 4.69) is 28.3 Å². The summed E-state index contributed by atoms with van der Waals surface area (Å²) in [6.45, 7) is 0. The molecular formula is C16H15N3OS. The van der Waals surface area contributed by atoms with Crippen molar-refractivity contribution in [3.05, 3.63) is 59.7 Å². The van der Waals surface area contributed by atoms with E-state index in [1.165, 1.54) is 0 Å². The minimum atomic E-state index is -0.848. The van der Waals surface area contributed by atoms with E-state index in [1.807, 2.05) is 42.7 Å². The number of rotatable bonds is 1. The summed E-state index contributed by atoms with van der Waals surface area (Å²) < 4.78 is 0. The normalized spacial score (nSPS) is 21.8. The van der Waals surface area contributed by atoms with Crippen LogP contribution >= 0.6 is 11.8 Å². The van der Waals surface area contributed by atoms with Gasteiger partial charge >= 0.3 is 0 Å². The Balaban J connectivity index is 1.95. The number of fused-ring (bicyclic) bond motifs is 5. The van der Waals surface area contributed by atoms with Gasteiger partial charge in [0.1, 0.15) is 5.50 Å². The Hall–Kier alpha value is -1.82. The van der Waals surface area contributed by atoms with Crippen molar-refractivity contribution >= 4 is 17.7 Å². The number of thioether (sulfide) groups is 1. The highest BCUT2D eigenvalue weighted by molar-refractivity contribution is 7.99. The molecule has 1 aliphatic carbocycles. The first kappa shape index (κ1) is 12.9. The van der Waals surface area contributed by atoms with Crippen LogP contribution in [-0.2, 0) is 10.3 Å². The lowest BCUT2D eigenvalue weighted by Gasteiger charge is -2.39. The Morgan fingerprint density at radius 2 is 1.57 bits per heavy atom. The molecule has 2 aromatic carbocycles. The smallest absolute Gasteiger partial charge is 0.252 e. The molecule has 21 heavy (non-hydrogen) atoms. The monoisotopic (exact) mass is 297 g/mol. The van der Waals surface area contributed by atoms with Crippen LogP contribution in [-0.4, -0.2) is 17.7 Å². The first-order chi connectivity index (χ1) is 10.3. The maximum atomic E-state index is 12.9. The van der Waals surface area contributed by atoms with Crippen LogP contribution in [0.25, 0.3) is 11.1 Å². The van der Waals surface area contributed by atoms with E-state index in [1.54, 1.807) is 11.8 Å². The van der Waals surface area contributed by atoms with Crippen LogP contribution in [0.15, 0.2) is 48.5 Å². The zero-order valence-corrected chi connectivity index (χ0v) is 12.3. The van der Waals surface area contributed by atoms with Gasteiger partial charge in [0, 0.05) is 0 Å². The molecule has 1 amide bonds. The number of amides is 1. The fourth-order valence-corrected chi connectivity index (χ4v) is 3.63. The zero-order valence-electron chi connectivity index (χ0n) is 11.5. The lowest BCUT2D eigenvalue weighted by Crippen LogP contribution is -2.69. The predicted molar refractivity (Wildman–Crippen MR) is 84.4 cm³/mol. The lowest BCUT2D eigenvalue weighted by molar-refractivity contribution is -0.129. The van der Waals surface area contributed by atoms with Crippen LogP contribution in [0.5, 0.6) is 0 Å². The van der Waals surface area contributed by atoms with Gasteiger partial charge in [-0.25, -0.2) is 10.9 Å². The van der Waals surface area contributed by atoms with Crippen molar-refractivity contribution in [1.82, 2.24) is 16.2 Å². The number of hydrogen-bond acceptors (Lipinski definition) is 4. The quantitative estimate of drug-likeness (QED) is 0.751. The van der Waals surface area contributed by atoms with Crippen LogP contribution in [0, 0.1) is 0 Å². The summed E-state index contributed by atoms with van der Waals surface area (Å²) in [6, 6.07) is 16.1. The Morgan fingerprint density at radius 3 is 2.10 bits per heavy atom. The summed E-state index contributed by atoms with van der Waals surface area (Å²) in [5.74, 6) is -0.0157. The third-order valence-corrected chi connectivity index (χ3v) is 4.89. The van der Waals surface area contributed by atoms with Gasteiger partial charge in [0.25, 0.3) is 5.91 Å². The van der Waals surface area contributed by atoms with Crippen molar-refractivity contribution in [1.29, 1.82) is 0 Å². The molecule has 3 N–H and O–H groups in total. The maximum Gasteiger partial charge on any atom is 0.252 e. The van der Waals surface area contributed by atoms with E-state index in [-0.39, 0.29) is 11.4 Å². The number of carbonyl (C=O) groups excluding carboxylic acids is 1. The second kappa shape index (κ2) is 4.59. The van der Waals surface area contributed by atoms with Crippen molar-refractivity contribution in [3.8, 4) is 11.1 Å². The van der Waals surface area contributed by atoms with Gasteiger partial charge in [0.15, 0.2) is 5.54 Å². The van der Waals surface area contributed by atoms with Crippen LogP contribution in [0.2, 0.25) is 0 Å². The van der Waals surface area contributed by atoms with Gasteiger partial charge in [-0.2, -0.15) is 0 Å². The van der Waals surface area contributed by atoms with E-state index in [4.69, 9.17) is 0 Å². The van der Waals surface area contributed by atoms with Crippen LogP contribution in [0.1, 0.15) is 11.1 Å². The average Bonchev–Trinajstić information content (AvgIpc) is 2.82. The molecule has 1 saturated heterocycles. The molecule has 1 aliphatic heterocycles. The van der Waals surface area contributed by atoms with Gasteiger partial charge in [0.2, 0.25) is 0 Å². The van der Waals surface area contributed by atoms with Gasteiger partial charge in [-0.15, -0.1) is 11.8 Å². The topological polar surface area (TPSA) is 53.2 Å². The third kappa shape index (κ3) is 1.62. The predicted octanol–water partition coefficient (Wildman–Crippen LogP) is 1.78. The van der Waals surface area contributed by atoms with E-state index < -0.39 is 5.54 Å². The summed E-state index contributed by atoms with van der Waals surface area (Å²) in [5.41, 5.74) is 9.71. The fourth-order valence-electron chi connectivity index (χ4n) is 3.23. The Bertz CT molecular complexity index is 685. The second-order valence-corrected chi connectivity index (χ2v) is 6.14. The molecule has 1 spiro atoms. The molecule has 0 aromatic heterocycles. The van der Waals surface area contributed by atoms with E-state index >= 15 is 0 Å². The van der Waals surface area contributed by atoms with Crippen LogP contribution < -0.4 is 16.2 Å². The van der Waals surface area contributed by atoms with Crippen molar-refractivity contribution < 1.29 is 4.79 Å². The first-order valence-electron chi connectivity index (χ1n) is 6.83. The second-order valence-electron chi connectivity index (χ2n) is 5.20. The number of benzene rings is 2. The highest BCUT2D eigenvalue weighted by Gasteiger charge is 2.51. The highest BCUT2D eigenvalue weighted by Crippen LogP contribution is 2.47. The molecule has 4 rings (SSSR count). The van der Waals surface area contributed by atoms with Crippen LogP contribution in [0.4, 0.5) is 0 Å². The number of nitrogens with one attached hydrogen (secondary N) is 3. The highest BCUT2D eigenvalue weighted by atomic mass is 32.2. The molecule has 5 heteroatoms. The molecule has 1 heterocycles. The molecule has 106 valence electrons. The standard InChI is InChI=1S/C16H15N3OS/c1-21-15-17-14(20)16(19-18-15)12-8-4-2-6-10(12)11-7-3-5-9-13(11)16/h2-9,15,18-19H,1H3,(H,17,20)/t15-/m1/s1. The molecule has 0 saturated carbocycles. The van der Waals surface area contributed by atoms with Gasteiger partial charge in [-0.3, -0.25) is 4.79 Å². The minimum Gasteiger partial charge on any atom is -0.329 e. The molecule has 4 nitrogen and oxygen atoms in total. The zero-order chi connectivity index (χ0) is 14.4. The molecular weight excluding hydrogens is 282 g/mol. The molecule has 2 aliphatic rings. The number of carbonyl (C=O) groups is 1. The molecule has 0 unspecified atom stereocenters. The molecule has 2 aromatic rings. The van der Waals surface area contributed by atoms with E-state index in [0.29, 0.717) is 0 Å². The van der Waals surface area contributed by atoms with Gasteiger partial charge < -0.3 is 5.32 Å². The van der Waals surface area contributed by atoms with Crippen molar-refractivity contribution in [2.45, 2.75) is 11.0 Å². The van der Waals surface area contributed by atoms with E-state index in [9.17, 15) is 4.79 Å². The Kier molecular flexibility index (Phi) is 2.82. The number of hydrogen-bond donors (Lipinski definition) is 3. The summed E-state index contributed by atoms with van der Waals surface area (Å²) in [6.07, 6.45) is 1.95. The fraction of sp³-hybridized carbons (Fsp3) is 0.188. The number of hydrazine groups is 1. The summed E-state index contributed by atoms with van der Waals surface area (Å²) in [7, 11) is 0.